The average molecular weight is 250 g/mol. The highest BCUT2D eigenvalue weighted by Crippen LogP contribution is 2.27. The predicted molar refractivity (Wildman–Crippen MR) is 73.8 cm³/mol. The van der Waals surface area contributed by atoms with Crippen LogP contribution in [-0.4, -0.2) is 23.1 Å². The minimum atomic E-state index is -0.153. The van der Waals surface area contributed by atoms with Crippen molar-refractivity contribution in [2.75, 3.05) is 18.5 Å². The van der Waals surface area contributed by atoms with Crippen molar-refractivity contribution >= 4 is 27.4 Å². The highest BCUT2D eigenvalue weighted by Gasteiger charge is 2.18. The van der Waals surface area contributed by atoms with Crippen LogP contribution in [0.2, 0.25) is 0 Å². The zero-order chi connectivity index (χ0) is 12.3. The molecule has 17 heavy (non-hydrogen) atoms. The molecular formula is C13H18N2OS. The molecule has 1 heterocycles. The molecule has 0 aliphatic carbocycles. The van der Waals surface area contributed by atoms with Gasteiger partial charge in [-0.25, -0.2) is 0 Å². The molecule has 0 bridgehead atoms. The van der Waals surface area contributed by atoms with E-state index in [0.29, 0.717) is 0 Å². The van der Waals surface area contributed by atoms with Crippen LogP contribution in [0, 0.1) is 0 Å². The van der Waals surface area contributed by atoms with Gasteiger partial charge in [-0.15, -0.1) is 0 Å². The monoisotopic (exact) mass is 250 g/mol. The Hall–Kier alpha value is -1.13. The van der Waals surface area contributed by atoms with E-state index in [-0.39, 0.29) is 5.60 Å². The first-order chi connectivity index (χ1) is 8.12. The topological polar surface area (TPSA) is 34.1 Å². The van der Waals surface area contributed by atoms with Crippen molar-refractivity contribution in [3.63, 3.8) is 0 Å². The van der Waals surface area contributed by atoms with Crippen LogP contribution in [0.3, 0.4) is 0 Å². The molecule has 0 aliphatic heterocycles. The molecule has 2 rings (SSSR count). The maximum absolute atomic E-state index is 5.66. The third-order valence-electron chi connectivity index (χ3n) is 2.59. The third-order valence-corrected chi connectivity index (χ3v) is 3.43. The predicted octanol–water partition coefficient (Wildman–Crippen LogP) is 3.52. The standard InChI is InChI=1S/C13H18N2OS/c1-4-16-13(2,3)9-14-12-10-7-5-6-8-11(10)15-17-12/h5-8,14H,4,9H2,1-3H3. The van der Waals surface area contributed by atoms with Gasteiger partial charge in [0.05, 0.1) is 11.1 Å². The van der Waals surface area contributed by atoms with E-state index in [1.807, 2.05) is 25.1 Å². The van der Waals surface area contributed by atoms with Gasteiger partial charge in [-0.2, -0.15) is 4.37 Å². The first-order valence-electron chi connectivity index (χ1n) is 5.84. The summed E-state index contributed by atoms with van der Waals surface area (Å²) in [5.74, 6) is 0. The smallest absolute Gasteiger partial charge is 0.117 e. The van der Waals surface area contributed by atoms with E-state index in [2.05, 4.69) is 29.6 Å². The van der Waals surface area contributed by atoms with E-state index in [1.165, 1.54) is 16.9 Å². The van der Waals surface area contributed by atoms with Crippen molar-refractivity contribution in [2.45, 2.75) is 26.4 Å². The fourth-order valence-corrected chi connectivity index (χ4v) is 2.51. The molecule has 2 aromatic rings. The largest absolute Gasteiger partial charge is 0.374 e. The number of aromatic nitrogens is 1. The molecule has 0 radical (unpaired) electrons. The lowest BCUT2D eigenvalue weighted by Gasteiger charge is -2.24. The minimum absolute atomic E-state index is 0.153. The van der Waals surface area contributed by atoms with Gasteiger partial charge < -0.3 is 10.1 Å². The van der Waals surface area contributed by atoms with Gasteiger partial charge >= 0.3 is 0 Å². The van der Waals surface area contributed by atoms with Crippen LogP contribution in [-0.2, 0) is 4.74 Å². The quantitative estimate of drug-likeness (QED) is 0.881. The first kappa shape index (κ1) is 12.3. The molecular weight excluding hydrogens is 232 g/mol. The normalized spacial score (nSPS) is 11.9. The molecule has 0 aliphatic rings. The molecule has 92 valence electrons. The zero-order valence-corrected chi connectivity index (χ0v) is 11.3. The number of nitrogens with one attached hydrogen (secondary N) is 1. The summed E-state index contributed by atoms with van der Waals surface area (Å²) in [5, 5.41) is 5.73. The fraction of sp³-hybridized carbons (Fsp3) is 0.462. The lowest BCUT2D eigenvalue weighted by molar-refractivity contribution is 0.000765. The fourth-order valence-electron chi connectivity index (χ4n) is 1.75. The van der Waals surface area contributed by atoms with Crippen molar-refractivity contribution in [3.05, 3.63) is 24.3 Å². The van der Waals surface area contributed by atoms with Gasteiger partial charge in [-0.05, 0) is 44.4 Å². The van der Waals surface area contributed by atoms with Crippen molar-refractivity contribution in [3.8, 4) is 0 Å². The number of hydrogen-bond donors (Lipinski definition) is 1. The van der Waals surface area contributed by atoms with Crippen molar-refractivity contribution < 1.29 is 4.74 Å². The van der Waals surface area contributed by atoms with E-state index in [4.69, 9.17) is 4.74 Å². The second-order valence-electron chi connectivity index (χ2n) is 4.58. The van der Waals surface area contributed by atoms with Crippen LogP contribution in [0.25, 0.3) is 10.9 Å². The zero-order valence-electron chi connectivity index (χ0n) is 10.5. The van der Waals surface area contributed by atoms with Crippen LogP contribution in [0.1, 0.15) is 20.8 Å². The molecule has 4 heteroatoms. The molecule has 0 saturated carbocycles. The number of ether oxygens (including phenoxy) is 1. The van der Waals surface area contributed by atoms with Crippen LogP contribution in [0.15, 0.2) is 24.3 Å². The number of benzene rings is 1. The molecule has 0 unspecified atom stereocenters. The molecule has 1 aromatic carbocycles. The second kappa shape index (κ2) is 5.02. The van der Waals surface area contributed by atoms with Crippen LogP contribution >= 0.6 is 11.5 Å². The second-order valence-corrected chi connectivity index (χ2v) is 5.35. The van der Waals surface area contributed by atoms with Crippen molar-refractivity contribution in [1.29, 1.82) is 0 Å². The number of rotatable bonds is 5. The Bertz CT molecular complexity index is 493. The van der Waals surface area contributed by atoms with Gasteiger partial charge in [0.25, 0.3) is 0 Å². The summed E-state index contributed by atoms with van der Waals surface area (Å²) >= 11 is 1.50. The maximum Gasteiger partial charge on any atom is 0.117 e. The highest BCUT2D eigenvalue weighted by molar-refractivity contribution is 7.11. The Morgan fingerprint density at radius 3 is 2.88 bits per heavy atom. The summed E-state index contributed by atoms with van der Waals surface area (Å²) in [4.78, 5) is 0. The summed E-state index contributed by atoms with van der Waals surface area (Å²) < 4.78 is 10.1. The Kier molecular flexibility index (Phi) is 3.64. The Balaban J connectivity index is 2.09. The summed E-state index contributed by atoms with van der Waals surface area (Å²) in [6.07, 6.45) is 0. The van der Waals surface area contributed by atoms with Crippen LogP contribution in [0.5, 0.6) is 0 Å². The highest BCUT2D eigenvalue weighted by atomic mass is 32.1. The lowest BCUT2D eigenvalue weighted by Crippen LogP contribution is -2.33. The molecule has 3 nitrogen and oxygen atoms in total. The molecule has 0 saturated heterocycles. The van der Waals surface area contributed by atoms with Crippen molar-refractivity contribution in [1.82, 2.24) is 4.37 Å². The number of nitrogens with zero attached hydrogens (tertiary/aromatic N) is 1. The van der Waals surface area contributed by atoms with Gasteiger partial charge in [0, 0.05) is 18.5 Å². The minimum Gasteiger partial charge on any atom is -0.374 e. The van der Waals surface area contributed by atoms with E-state index < -0.39 is 0 Å². The van der Waals surface area contributed by atoms with Crippen molar-refractivity contribution in [2.24, 2.45) is 0 Å². The lowest BCUT2D eigenvalue weighted by atomic mass is 10.1. The summed E-state index contributed by atoms with van der Waals surface area (Å²) in [6, 6.07) is 8.17. The van der Waals surface area contributed by atoms with Crippen LogP contribution < -0.4 is 5.32 Å². The summed E-state index contributed by atoms with van der Waals surface area (Å²) in [5.41, 5.74) is 0.897. The molecule has 0 spiro atoms. The maximum atomic E-state index is 5.66. The molecule has 0 atom stereocenters. The van der Waals surface area contributed by atoms with E-state index in [9.17, 15) is 0 Å². The first-order valence-corrected chi connectivity index (χ1v) is 6.62. The van der Waals surface area contributed by atoms with Gasteiger partial charge in [0.15, 0.2) is 0 Å². The van der Waals surface area contributed by atoms with E-state index in [1.54, 1.807) is 0 Å². The average Bonchev–Trinajstić information content (AvgIpc) is 2.70. The van der Waals surface area contributed by atoms with E-state index >= 15 is 0 Å². The van der Waals surface area contributed by atoms with Crippen LogP contribution in [0.4, 0.5) is 5.00 Å². The van der Waals surface area contributed by atoms with Gasteiger partial charge in [0.1, 0.15) is 5.00 Å². The number of hydrogen-bond acceptors (Lipinski definition) is 4. The molecule has 1 aromatic heterocycles. The Morgan fingerprint density at radius 2 is 2.12 bits per heavy atom. The number of anilines is 1. The molecule has 0 fully saturated rings. The summed E-state index contributed by atoms with van der Waals surface area (Å²) in [7, 11) is 0. The molecule has 1 N–H and O–H groups in total. The SMILES string of the molecule is CCOC(C)(C)CNc1snc2ccccc12. The van der Waals surface area contributed by atoms with Gasteiger partial charge in [0.2, 0.25) is 0 Å². The third kappa shape index (κ3) is 2.96. The van der Waals surface area contributed by atoms with Gasteiger partial charge in [-0.3, -0.25) is 0 Å². The Labute approximate surface area is 106 Å². The molecule has 0 amide bonds. The Morgan fingerprint density at radius 1 is 1.35 bits per heavy atom. The van der Waals surface area contributed by atoms with Gasteiger partial charge in [-0.1, -0.05) is 12.1 Å². The van der Waals surface area contributed by atoms with E-state index in [0.717, 1.165) is 23.7 Å². The summed E-state index contributed by atoms with van der Waals surface area (Å²) in [6.45, 7) is 7.72. The number of fused-ring (bicyclic) bond motifs is 1.